The summed E-state index contributed by atoms with van der Waals surface area (Å²) in [5, 5.41) is 28.7. The fourth-order valence-electron chi connectivity index (χ4n) is 3.13. The molecule has 0 aromatic heterocycles. The van der Waals surface area contributed by atoms with E-state index in [1.165, 1.54) is 12.1 Å². The first kappa shape index (κ1) is 13.8. The minimum atomic E-state index is -0.427. The molecule has 0 radical (unpaired) electrons. The van der Waals surface area contributed by atoms with Crippen LogP contribution in [0.2, 0.25) is 0 Å². The van der Waals surface area contributed by atoms with E-state index in [1.807, 2.05) is 12.1 Å². The predicted molar refractivity (Wildman–Crippen MR) is 80.1 cm³/mol. The zero-order chi connectivity index (χ0) is 15.7. The Bertz CT molecular complexity index is 801. The molecule has 1 aromatic carbocycles. The van der Waals surface area contributed by atoms with Gasteiger partial charge >= 0.3 is 0 Å². The Morgan fingerprint density at radius 2 is 1.82 bits per heavy atom. The van der Waals surface area contributed by atoms with E-state index in [-0.39, 0.29) is 23.1 Å². The van der Waals surface area contributed by atoms with E-state index in [0.29, 0.717) is 0 Å². The number of hydrogen-bond donors (Lipinski definition) is 0. The molecule has 0 aliphatic heterocycles. The lowest BCUT2D eigenvalue weighted by atomic mass is 9.90. The molecule has 0 heterocycles. The van der Waals surface area contributed by atoms with Gasteiger partial charge < -0.3 is 0 Å². The van der Waals surface area contributed by atoms with Gasteiger partial charge in [-0.1, -0.05) is 12.2 Å². The van der Waals surface area contributed by atoms with Gasteiger partial charge in [-0.15, -0.1) is 0 Å². The third-order valence-corrected chi connectivity index (χ3v) is 4.09. The summed E-state index contributed by atoms with van der Waals surface area (Å²) in [5.74, 6) is 0.461. The summed E-state index contributed by atoms with van der Waals surface area (Å²) in [6, 6.07) is 10.2. The summed E-state index contributed by atoms with van der Waals surface area (Å²) in [5.41, 5.74) is 3.07. The molecule has 1 aromatic rings. The van der Waals surface area contributed by atoms with E-state index in [0.717, 1.165) is 23.1 Å². The molecule has 0 spiro atoms. The van der Waals surface area contributed by atoms with Gasteiger partial charge in [0.15, 0.2) is 0 Å². The number of rotatable bonds is 3. The first-order valence-electron chi connectivity index (χ1n) is 6.83. The number of benzene rings is 1. The molecule has 0 saturated heterocycles. The van der Waals surface area contributed by atoms with Crippen molar-refractivity contribution in [3.8, 4) is 12.1 Å². The summed E-state index contributed by atoms with van der Waals surface area (Å²) < 4.78 is 0. The lowest BCUT2D eigenvalue weighted by Crippen LogP contribution is -1.98. The molecule has 106 valence electrons. The molecule has 2 aliphatic rings. The van der Waals surface area contributed by atoms with Crippen molar-refractivity contribution in [2.75, 3.05) is 0 Å². The van der Waals surface area contributed by atoms with Gasteiger partial charge in [-0.3, -0.25) is 10.1 Å². The lowest BCUT2D eigenvalue weighted by Gasteiger charge is -2.14. The number of non-ortho nitro benzene ring substituents is 1. The number of allylic oxidation sites excluding steroid dienone is 6. The number of nitro groups is 1. The summed E-state index contributed by atoms with van der Waals surface area (Å²) in [6.07, 6.45) is 6.79. The van der Waals surface area contributed by atoms with E-state index in [9.17, 15) is 10.1 Å². The van der Waals surface area contributed by atoms with Crippen molar-refractivity contribution < 1.29 is 4.92 Å². The minimum Gasteiger partial charge on any atom is -0.258 e. The molecule has 2 bridgehead atoms. The molecule has 22 heavy (non-hydrogen) atoms. The van der Waals surface area contributed by atoms with Gasteiger partial charge in [-0.25, -0.2) is 0 Å². The van der Waals surface area contributed by atoms with Crippen LogP contribution in [0.1, 0.15) is 12.0 Å². The molecule has 0 amide bonds. The van der Waals surface area contributed by atoms with Gasteiger partial charge in [0.05, 0.1) is 4.92 Å². The van der Waals surface area contributed by atoms with Gasteiger partial charge in [0.2, 0.25) is 0 Å². The quantitative estimate of drug-likeness (QED) is 0.368. The zero-order valence-corrected chi connectivity index (χ0v) is 11.6. The van der Waals surface area contributed by atoms with Crippen LogP contribution in [0.4, 0.5) is 5.69 Å². The molecule has 2 unspecified atom stereocenters. The monoisotopic (exact) mass is 289 g/mol. The van der Waals surface area contributed by atoms with Crippen LogP contribution < -0.4 is 0 Å². The normalized spacial score (nSPS) is 21.4. The Morgan fingerprint density at radius 1 is 1.18 bits per heavy atom. The molecule has 5 nitrogen and oxygen atoms in total. The van der Waals surface area contributed by atoms with E-state index >= 15 is 0 Å². The second-order valence-electron chi connectivity index (χ2n) is 5.29. The van der Waals surface area contributed by atoms with E-state index < -0.39 is 4.92 Å². The average molecular weight is 289 g/mol. The maximum absolute atomic E-state index is 10.7. The molecule has 5 heteroatoms. The SMILES string of the molecule is N#CC(C#N)=CC1=C(c2ccc([N+](=O)[O-])cc2)C2C=CC1C2. The van der Waals surface area contributed by atoms with Crippen LogP contribution in [0.15, 0.2) is 53.6 Å². The number of nitro benzene ring substituents is 1. The molecule has 0 fully saturated rings. The topological polar surface area (TPSA) is 90.7 Å². The summed E-state index contributed by atoms with van der Waals surface area (Å²) in [7, 11) is 0. The Balaban J connectivity index is 2.08. The molecule has 3 rings (SSSR count). The molecule has 0 saturated carbocycles. The molecule has 0 N–H and O–H groups in total. The fraction of sp³-hybridized carbons (Fsp3) is 0.176. The van der Waals surface area contributed by atoms with Crippen LogP contribution in [0.3, 0.4) is 0 Å². The average Bonchev–Trinajstić information content (AvgIpc) is 3.13. The Kier molecular flexibility index (Phi) is 3.33. The van der Waals surface area contributed by atoms with Crippen molar-refractivity contribution in [2.24, 2.45) is 11.8 Å². The Labute approximate surface area is 127 Å². The Hall–Kier alpha value is -3.18. The summed E-state index contributed by atoms with van der Waals surface area (Å²) in [4.78, 5) is 10.3. The highest BCUT2D eigenvalue weighted by atomic mass is 16.6. The maximum atomic E-state index is 10.7. The van der Waals surface area contributed by atoms with Gasteiger partial charge in [0.25, 0.3) is 5.69 Å². The standard InChI is InChI=1S/C17H11N3O2/c18-9-11(10-19)7-16-13-1-2-14(8-13)17(16)12-3-5-15(6-4-12)20(21)22/h1-7,13-14H,8H2. The predicted octanol–water partition coefficient (Wildman–Crippen LogP) is 3.53. The highest BCUT2D eigenvalue weighted by molar-refractivity contribution is 5.79. The van der Waals surface area contributed by atoms with Crippen LogP contribution in [0.25, 0.3) is 5.57 Å². The van der Waals surface area contributed by atoms with Crippen LogP contribution in [0, 0.1) is 44.6 Å². The van der Waals surface area contributed by atoms with Gasteiger partial charge in [-0.2, -0.15) is 10.5 Å². The fourth-order valence-corrected chi connectivity index (χ4v) is 3.13. The molecule has 2 aliphatic carbocycles. The second-order valence-corrected chi connectivity index (χ2v) is 5.29. The zero-order valence-electron chi connectivity index (χ0n) is 11.6. The highest BCUT2D eigenvalue weighted by Crippen LogP contribution is 2.49. The summed E-state index contributed by atoms with van der Waals surface area (Å²) >= 11 is 0. The van der Waals surface area contributed by atoms with Crippen LogP contribution in [-0.4, -0.2) is 4.92 Å². The largest absolute Gasteiger partial charge is 0.269 e. The lowest BCUT2D eigenvalue weighted by molar-refractivity contribution is -0.384. The van der Waals surface area contributed by atoms with E-state index in [1.54, 1.807) is 18.2 Å². The first-order valence-corrected chi connectivity index (χ1v) is 6.83. The van der Waals surface area contributed by atoms with E-state index in [4.69, 9.17) is 10.5 Å². The number of nitriles is 2. The van der Waals surface area contributed by atoms with Gasteiger partial charge in [0.1, 0.15) is 17.7 Å². The van der Waals surface area contributed by atoms with Crippen molar-refractivity contribution in [2.45, 2.75) is 6.42 Å². The van der Waals surface area contributed by atoms with Crippen molar-refractivity contribution in [1.82, 2.24) is 0 Å². The van der Waals surface area contributed by atoms with Gasteiger partial charge in [0, 0.05) is 24.0 Å². The third-order valence-electron chi connectivity index (χ3n) is 4.09. The number of hydrogen-bond acceptors (Lipinski definition) is 4. The smallest absolute Gasteiger partial charge is 0.258 e. The van der Waals surface area contributed by atoms with Gasteiger partial charge in [-0.05, 0) is 41.3 Å². The molecular weight excluding hydrogens is 278 g/mol. The van der Waals surface area contributed by atoms with Crippen LogP contribution >= 0.6 is 0 Å². The van der Waals surface area contributed by atoms with Crippen molar-refractivity contribution in [1.29, 1.82) is 10.5 Å². The van der Waals surface area contributed by atoms with Crippen molar-refractivity contribution in [3.63, 3.8) is 0 Å². The number of fused-ring (bicyclic) bond motifs is 2. The van der Waals surface area contributed by atoms with Crippen LogP contribution in [-0.2, 0) is 0 Å². The highest BCUT2D eigenvalue weighted by Gasteiger charge is 2.35. The van der Waals surface area contributed by atoms with Crippen molar-refractivity contribution >= 4 is 11.3 Å². The first-order chi connectivity index (χ1) is 10.6. The van der Waals surface area contributed by atoms with E-state index in [2.05, 4.69) is 12.2 Å². The number of nitrogens with zero attached hydrogens (tertiary/aromatic N) is 3. The third kappa shape index (κ3) is 2.19. The minimum absolute atomic E-state index is 0.0508. The molecule has 2 atom stereocenters. The van der Waals surface area contributed by atoms with Crippen LogP contribution in [0.5, 0.6) is 0 Å². The molecular formula is C17H11N3O2. The second kappa shape index (κ2) is 5.31. The maximum Gasteiger partial charge on any atom is 0.269 e. The van der Waals surface area contributed by atoms with Crippen molar-refractivity contribution in [3.05, 3.63) is 69.3 Å². The Morgan fingerprint density at radius 3 is 2.41 bits per heavy atom. The summed E-state index contributed by atoms with van der Waals surface area (Å²) in [6.45, 7) is 0.